The van der Waals surface area contributed by atoms with Crippen LogP contribution < -0.4 is 55.3 Å². The number of primary amides is 2. The molecule has 1 aliphatic heterocycles. The molecule has 338 valence electrons. The lowest BCUT2D eigenvalue weighted by Gasteiger charge is -2.30. The highest BCUT2D eigenvalue weighted by Crippen LogP contribution is 2.20. The highest BCUT2D eigenvalue weighted by Gasteiger charge is 2.40. The molecule has 8 amide bonds. The number of hydrogen-bond donors (Lipinski definition) is 10. The minimum atomic E-state index is -1.45. The van der Waals surface area contributed by atoms with E-state index in [0.29, 0.717) is 24.8 Å². The minimum Gasteiger partial charge on any atom is -0.370 e. The predicted octanol–water partition coefficient (Wildman–Crippen LogP) is -2.30. The van der Waals surface area contributed by atoms with E-state index in [1.807, 2.05) is 44.2 Å². The number of carbonyl (C=O) groups is 8. The molecule has 0 aromatic heterocycles. The molecule has 6 atom stereocenters. The fourth-order valence-corrected chi connectivity index (χ4v) is 6.94. The fourth-order valence-electron chi connectivity index (χ4n) is 6.94. The van der Waals surface area contributed by atoms with Gasteiger partial charge in [0.05, 0.1) is 6.42 Å². The average molecular weight is 863 g/mol. The largest absolute Gasteiger partial charge is 0.370 e. The lowest BCUT2D eigenvalue weighted by atomic mass is 10.0. The van der Waals surface area contributed by atoms with E-state index in [0.717, 1.165) is 5.56 Å². The Morgan fingerprint density at radius 2 is 1.31 bits per heavy atom. The number of hydrogen-bond acceptors (Lipinski definition) is 10. The van der Waals surface area contributed by atoms with Crippen molar-refractivity contribution in [3.8, 4) is 0 Å². The molecule has 0 bridgehead atoms. The number of nitrogens with two attached hydrogens (primary N) is 5. The van der Waals surface area contributed by atoms with E-state index >= 15 is 0 Å². The number of likely N-dealkylation sites (tertiary alicyclic amines) is 1. The van der Waals surface area contributed by atoms with Crippen LogP contribution in [-0.2, 0) is 51.2 Å². The quantitative estimate of drug-likeness (QED) is 0.0287. The van der Waals surface area contributed by atoms with Gasteiger partial charge in [-0.05, 0) is 55.6 Å². The summed E-state index contributed by atoms with van der Waals surface area (Å²) < 4.78 is 0. The maximum absolute atomic E-state index is 14.1. The molecule has 3 rings (SSSR count). The molecule has 62 heavy (non-hydrogen) atoms. The number of rotatable bonds is 25. The third-order valence-electron chi connectivity index (χ3n) is 10.1. The Hall–Kier alpha value is -6.57. The molecule has 15 N–H and O–H groups in total. The fraction of sp³-hybridized carbons (Fsp3) is 0.500. The first-order valence-electron chi connectivity index (χ1n) is 20.7. The third-order valence-corrected chi connectivity index (χ3v) is 10.1. The predicted molar refractivity (Wildman–Crippen MR) is 231 cm³/mol. The molecule has 1 aliphatic rings. The van der Waals surface area contributed by atoms with Crippen LogP contribution in [-0.4, -0.2) is 114 Å². The summed E-state index contributed by atoms with van der Waals surface area (Å²) in [5.41, 5.74) is 29.1. The first-order valence-corrected chi connectivity index (χ1v) is 20.7. The number of guanidine groups is 1. The second-order valence-electron chi connectivity index (χ2n) is 15.6. The van der Waals surface area contributed by atoms with Gasteiger partial charge in [-0.15, -0.1) is 0 Å². The normalized spacial score (nSPS) is 15.8. The van der Waals surface area contributed by atoms with Crippen LogP contribution in [0.4, 0.5) is 0 Å². The van der Waals surface area contributed by atoms with E-state index in [1.165, 1.54) is 4.90 Å². The molecule has 0 radical (unpaired) electrons. The summed E-state index contributed by atoms with van der Waals surface area (Å²) >= 11 is 0. The number of aliphatic imine (C=N–C) groups is 1. The van der Waals surface area contributed by atoms with Crippen molar-refractivity contribution in [2.45, 2.75) is 108 Å². The standard InChI is InChI=1S/C42H62N12O8/c1-25(2)21-30(49-35(56)18-17-26-11-5-3-6-12-26)38(59)52-31(22-27-13-7-4-8-14-27)39(60)53-32(24-43)41(62)54-20-10-16-33(54)40(61)50-28(15-9-19-48-42(46)47)37(58)51-29(36(45)57)23-34(44)55/h3-8,11-14,25,28-33H,9-10,15-24,43H2,1-2H3,(H2,44,55)(H2,45,57)(H,49,56)(H,50,61)(H,51,58)(H,52,59)(H,53,60)(H4,46,47,48)/t28-,29-,30-,31-,32-,33-/m0/s1. The highest BCUT2D eigenvalue weighted by molar-refractivity contribution is 5.98. The molecule has 1 fully saturated rings. The summed E-state index contributed by atoms with van der Waals surface area (Å²) in [6.45, 7) is 3.67. The zero-order chi connectivity index (χ0) is 45.8. The van der Waals surface area contributed by atoms with Gasteiger partial charge < -0.3 is 60.2 Å². The minimum absolute atomic E-state index is 0.00895. The number of nitrogens with one attached hydrogen (secondary N) is 5. The molecule has 0 aliphatic carbocycles. The molecule has 20 nitrogen and oxygen atoms in total. The second-order valence-corrected chi connectivity index (χ2v) is 15.6. The Bertz CT molecular complexity index is 1880. The van der Waals surface area contributed by atoms with E-state index in [2.05, 4.69) is 31.6 Å². The maximum Gasteiger partial charge on any atom is 0.247 e. The van der Waals surface area contributed by atoms with Crippen molar-refractivity contribution >= 4 is 53.2 Å². The first kappa shape index (κ1) is 49.8. The summed E-state index contributed by atoms with van der Waals surface area (Å²) in [6.07, 6.45) is 1.19. The number of carbonyl (C=O) groups excluding carboxylic acids is 8. The molecular formula is C42H62N12O8. The molecule has 20 heteroatoms. The Balaban J connectivity index is 1.78. The second kappa shape index (κ2) is 25.3. The van der Waals surface area contributed by atoms with Crippen molar-refractivity contribution in [1.82, 2.24) is 31.5 Å². The Morgan fingerprint density at radius 1 is 0.726 bits per heavy atom. The number of nitrogens with zero attached hydrogens (tertiary/aromatic N) is 2. The zero-order valence-electron chi connectivity index (χ0n) is 35.3. The van der Waals surface area contributed by atoms with Crippen LogP contribution in [0.25, 0.3) is 0 Å². The van der Waals surface area contributed by atoms with Gasteiger partial charge in [0.1, 0.15) is 36.3 Å². The summed E-state index contributed by atoms with van der Waals surface area (Å²) in [5, 5.41) is 13.3. The van der Waals surface area contributed by atoms with Crippen LogP contribution in [0.15, 0.2) is 65.7 Å². The van der Waals surface area contributed by atoms with Gasteiger partial charge in [0.25, 0.3) is 0 Å². The van der Waals surface area contributed by atoms with E-state index < -0.39 is 84.0 Å². The Labute approximate surface area is 361 Å². The molecule has 1 heterocycles. The third kappa shape index (κ3) is 16.8. The summed E-state index contributed by atoms with van der Waals surface area (Å²) in [7, 11) is 0. The van der Waals surface area contributed by atoms with Crippen molar-refractivity contribution in [2.24, 2.45) is 39.6 Å². The summed E-state index contributed by atoms with van der Waals surface area (Å²) in [4.78, 5) is 111. The van der Waals surface area contributed by atoms with Gasteiger partial charge in [0, 0.05) is 32.5 Å². The van der Waals surface area contributed by atoms with Crippen molar-refractivity contribution in [3.05, 3.63) is 71.8 Å². The van der Waals surface area contributed by atoms with Gasteiger partial charge in [-0.1, -0.05) is 74.5 Å². The van der Waals surface area contributed by atoms with Gasteiger partial charge in [-0.25, -0.2) is 0 Å². The Kier molecular flexibility index (Phi) is 20.3. The van der Waals surface area contributed by atoms with Crippen molar-refractivity contribution in [1.29, 1.82) is 0 Å². The molecule has 0 saturated carbocycles. The monoisotopic (exact) mass is 862 g/mol. The van der Waals surface area contributed by atoms with Crippen LogP contribution >= 0.6 is 0 Å². The van der Waals surface area contributed by atoms with Gasteiger partial charge in [0.15, 0.2) is 5.96 Å². The molecular weight excluding hydrogens is 801 g/mol. The number of benzene rings is 2. The van der Waals surface area contributed by atoms with Crippen LogP contribution in [0.2, 0.25) is 0 Å². The molecule has 2 aromatic carbocycles. The number of aryl methyl sites for hydroxylation is 1. The molecule has 1 saturated heterocycles. The number of amides is 8. The van der Waals surface area contributed by atoms with Crippen LogP contribution in [0.3, 0.4) is 0 Å². The zero-order valence-corrected chi connectivity index (χ0v) is 35.3. The maximum atomic E-state index is 14.1. The van der Waals surface area contributed by atoms with Crippen LogP contribution in [0.5, 0.6) is 0 Å². The van der Waals surface area contributed by atoms with E-state index in [4.69, 9.17) is 28.7 Å². The first-order chi connectivity index (χ1) is 29.5. The van der Waals surface area contributed by atoms with Gasteiger partial charge in [-0.2, -0.15) is 0 Å². The van der Waals surface area contributed by atoms with E-state index in [1.54, 1.807) is 30.3 Å². The van der Waals surface area contributed by atoms with Crippen LogP contribution in [0, 0.1) is 5.92 Å². The topological polar surface area (TPSA) is 342 Å². The van der Waals surface area contributed by atoms with Crippen molar-refractivity contribution < 1.29 is 38.4 Å². The average Bonchev–Trinajstić information content (AvgIpc) is 3.73. The van der Waals surface area contributed by atoms with E-state index in [9.17, 15) is 38.4 Å². The van der Waals surface area contributed by atoms with Gasteiger partial charge >= 0.3 is 0 Å². The van der Waals surface area contributed by atoms with Crippen LogP contribution in [0.1, 0.15) is 69.9 Å². The molecule has 0 spiro atoms. The van der Waals surface area contributed by atoms with E-state index in [-0.39, 0.29) is 69.5 Å². The van der Waals surface area contributed by atoms with Crippen molar-refractivity contribution in [3.63, 3.8) is 0 Å². The van der Waals surface area contributed by atoms with Crippen molar-refractivity contribution in [2.75, 3.05) is 19.6 Å². The molecule has 2 aromatic rings. The SMILES string of the molecule is CC(C)C[C@H](NC(=O)CCc1ccccc1)C(=O)N[C@@H](Cc1ccccc1)C(=O)N[C@@H](CN)C(=O)N1CCC[C@H]1C(=O)N[C@@H](CCCN=C(N)N)C(=O)N[C@@H](CC(N)=O)C(N)=O. The Morgan fingerprint density at radius 3 is 1.89 bits per heavy atom. The van der Waals surface area contributed by atoms with Gasteiger partial charge in [0.2, 0.25) is 47.3 Å². The smallest absolute Gasteiger partial charge is 0.247 e. The lowest BCUT2D eigenvalue weighted by Crippen LogP contribution is -2.61. The molecule has 0 unspecified atom stereocenters. The lowest BCUT2D eigenvalue weighted by molar-refractivity contribution is -0.142. The van der Waals surface area contributed by atoms with Gasteiger partial charge in [-0.3, -0.25) is 43.3 Å². The highest BCUT2D eigenvalue weighted by atomic mass is 16.2. The summed E-state index contributed by atoms with van der Waals surface area (Å²) in [6, 6.07) is 11.1. The summed E-state index contributed by atoms with van der Waals surface area (Å²) in [5.74, 6) is -5.94.